The van der Waals surface area contributed by atoms with Crippen LogP contribution in [0.3, 0.4) is 0 Å². The molecule has 4 rings (SSSR count). The summed E-state index contributed by atoms with van der Waals surface area (Å²) in [5.41, 5.74) is 9.94. The van der Waals surface area contributed by atoms with Gasteiger partial charge < -0.3 is 10.6 Å². The second kappa shape index (κ2) is 6.03. The molecule has 1 aromatic heterocycles. The highest BCUT2D eigenvalue weighted by molar-refractivity contribution is 7.17. The molecule has 1 aliphatic carbocycles. The van der Waals surface area contributed by atoms with E-state index < -0.39 is 0 Å². The molecule has 0 bridgehead atoms. The number of aryl methyl sites for hydroxylation is 2. The summed E-state index contributed by atoms with van der Waals surface area (Å²) in [4.78, 5) is 16.6. The molecule has 1 aromatic carbocycles. The van der Waals surface area contributed by atoms with E-state index in [1.807, 2.05) is 4.90 Å². The van der Waals surface area contributed by atoms with E-state index in [0.29, 0.717) is 6.54 Å². The van der Waals surface area contributed by atoms with Crippen LogP contribution in [-0.2, 0) is 12.8 Å². The number of carbonyl (C=O) groups is 1. The Morgan fingerprint density at radius 1 is 1.23 bits per heavy atom. The molecule has 5 heteroatoms. The Kier molecular flexibility index (Phi) is 4.26. The zero-order valence-electron chi connectivity index (χ0n) is 12.2. The summed E-state index contributed by atoms with van der Waals surface area (Å²) in [6, 6.07) is 10.8. The highest BCUT2D eigenvalue weighted by Crippen LogP contribution is 2.39. The van der Waals surface area contributed by atoms with Crippen LogP contribution < -0.4 is 5.73 Å². The maximum Gasteiger partial charge on any atom is 0.264 e. The van der Waals surface area contributed by atoms with Crippen molar-refractivity contribution in [3.8, 4) is 10.4 Å². The Hall–Kier alpha value is -1.36. The minimum absolute atomic E-state index is 0. The first-order valence-corrected chi connectivity index (χ1v) is 8.30. The van der Waals surface area contributed by atoms with Gasteiger partial charge in [-0.25, -0.2) is 0 Å². The van der Waals surface area contributed by atoms with Crippen molar-refractivity contribution in [3.05, 3.63) is 46.3 Å². The van der Waals surface area contributed by atoms with Gasteiger partial charge in [0.1, 0.15) is 0 Å². The number of nitrogens with zero attached hydrogens (tertiary/aromatic N) is 1. The zero-order valence-corrected chi connectivity index (χ0v) is 13.9. The fourth-order valence-corrected chi connectivity index (χ4v) is 4.54. The van der Waals surface area contributed by atoms with Gasteiger partial charge in [-0.1, -0.05) is 24.3 Å². The van der Waals surface area contributed by atoms with Crippen LogP contribution in [0.25, 0.3) is 10.4 Å². The second-order valence-electron chi connectivity index (χ2n) is 5.92. The van der Waals surface area contributed by atoms with Crippen molar-refractivity contribution in [1.82, 2.24) is 4.90 Å². The Morgan fingerprint density at radius 3 is 2.77 bits per heavy atom. The lowest BCUT2D eigenvalue weighted by atomic mass is 9.91. The van der Waals surface area contributed by atoms with Gasteiger partial charge in [0.15, 0.2) is 0 Å². The van der Waals surface area contributed by atoms with E-state index in [-0.39, 0.29) is 24.4 Å². The van der Waals surface area contributed by atoms with Crippen LogP contribution >= 0.6 is 23.7 Å². The number of thiophene rings is 1. The normalized spacial score (nSPS) is 19.3. The largest absolute Gasteiger partial charge is 0.336 e. The number of halogens is 1. The van der Waals surface area contributed by atoms with Gasteiger partial charge in [0.05, 0.1) is 4.88 Å². The first kappa shape index (κ1) is 15.5. The molecule has 22 heavy (non-hydrogen) atoms. The third-order valence-electron chi connectivity index (χ3n) is 4.46. The van der Waals surface area contributed by atoms with Gasteiger partial charge in [-0.3, -0.25) is 4.79 Å². The van der Waals surface area contributed by atoms with Crippen LogP contribution in [0.5, 0.6) is 0 Å². The van der Waals surface area contributed by atoms with E-state index in [0.717, 1.165) is 30.7 Å². The molecule has 0 radical (unpaired) electrons. The van der Waals surface area contributed by atoms with Crippen LogP contribution in [0.15, 0.2) is 30.3 Å². The standard InChI is InChI=1S/C17H18N2OS.ClH/c18-13-7-8-19(10-13)17(20)15-9-12-6-5-11-3-1-2-4-14(11)16(12)21-15;/h1-4,9,13H,5-8,10,18H2;1H/t13-;/m0./s1. The Balaban J connectivity index is 0.00000144. The van der Waals surface area contributed by atoms with E-state index in [1.54, 1.807) is 11.3 Å². The Morgan fingerprint density at radius 2 is 2.00 bits per heavy atom. The molecule has 1 aliphatic heterocycles. The van der Waals surface area contributed by atoms with E-state index in [2.05, 4.69) is 30.3 Å². The third kappa shape index (κ3) is 2.56. The number of benzene rings is 1. The molecule has 1 saturated heterocycles. The minimum Gasteiger partial charge on any atom is -0.336 e. The van der Waals surface area contributed by atoms with Crippen molar-refractivity contribution in [1.29, 1.82) is 0 Å². The molecule has 2 aromatic rings. The second-order valence-corrected chi connectivity index (χ2v) is 6.97. The van der Waals surface area contributed by atoms with Gasteiger partial charge in [-0.05, 0) is 42.0 Å². The van der Waals surface area contributed by atoms with Gasteiger partial charge in [0.25, 0.3) is 5.91 Å². The molecule has 2 aliphatic rings. The molecule has 2 heterocycles. The predicted octanol–water partition coefficient (Wildman–Crippen LogP) is 3.11. The number of fused-ring (bicyclic) bond motifs is 3. The fourth-order valence-electron chi connectivity index (χ4n) is 3.30. The fraction of sp³-hybridized carbons (Fsp3) is 0.353. The third-order valence-corrected chi connectivity index (χ3v) is 5.66. The number of rotatable bonds is 1. The molecule has 1 amide bonds. The number of likely N-dealkylation sites (tertiary alicyclic amines) is 1. The quantitative estimate of drug-likeness (QED) is 0.871. The number of hydrogen-bond donors (Lipinski definition) is 1. The molecule has 0 saturated carbocycles. The summed E-state index contributed by atoms with van der Waals surface area (Å²) >= 11 is 1.64. The predicted molar refractivity (Wildman–Crippen MR) is 92.9 cm³/mol. The number of amides is 1. The van der Waals surface area contributed by atoms with Gasteiger partial charge in [-0.15, -0.1) is 23.7 Å². The lowest BCUT2D eigenvalue weighted by molar-refractivity contribution is 0.0795. The number of nitrogens with two attached hydrogens (primary N) is 1. The molecule has 0 spiro atoms. The summed E-state index contributed by atoms with van der Waals surface area (Å²) in [6.45, 7) is 1.48. The molecule has 2 N–H and O–H groups in total. The van der Waals surface area contributed by atoms with Crippen molar-refractivity contribution in [2.24, 2.45) is 5.73 Å². The molecule has 1 fully saturated rings. The lowest BCUT2D eigenvalue weighted by Gasteiger charge is -2.15. The van der Waals surface area contributed by atoms with E-state index >= 15 is 0 Å². The molecule has 1 atom stereocenters. The van der Waals surface area contributed by atoms with Crippen LogP contribution in [-0.4, -0.2) is 29.9 Å². The number of carbonyl (C=O) groups excluding carboxylic acids is 1. The summed E-state index contributed by atoms with van der Waals surface area (Å²) in [5, 5.41) is 0. The summed E-state index contributed by atoms with van der Waals surface area (Å²) in [6.07, 6.45) is 3.03. The van der Waals surface area contributed by atoms with Crippen molar-refractivity contribution in [2.75, 3.05) is 13.1 Å². The zero-order chi connectivity index (χ0) is 14.4. The van der Waals surface area contributed by atoms with E-state index in [1.165, 1.54) is 21.6 Å². The Labute approximate surface area is 140 Å². The van der Waals surface area contributed by atoms with Gasteiger partial charge in [0, 0.05) is 24.0 Å². The highest BCUT2D eigenvalue weighted by atomic mass is 35.5. The first-order valence-electron chi connectivity index (χ1n) is 7.48. The first-order chi connectivity index (χ1) is 10.2. The van der Waals surface area contributed by atoms with Gasteiger partial charge in [0.2, 0.25) is 0 Å². The SMILES string of the molecule is Cl.N[C@H]1CCN(C(=O)c2cc3c(s2)-c2ccccc2CC3)C1. The van der Waals surface area contributed by atoms with Crippen molar-refractivity contribution in [3.63, 3.8) is 0 Å². The van der Waals surface area contributed by atoms with Gasteiger partial charge >= 0.3 is 0 Å². The number of hydrogen-bond acceptors (Lipinski definition) is 3. The molecule has 0 unspecified atom stereocenters. The minimum atomic E-state index is 0. The molecule has 116 valence electrons. The average molecular weight is 335 g/mol. The maximum absolute atomic E-state index is 12.6. The summed E-state index contributed by atoms with van der Waals surface area (Å²) in [7, 11) is 0. The highest BCUT2D eigenvalue weighted by Gasteiger charge is 2.27. The monoisotopic (exact) mass is 334 g/mol. The average Bonchev–Trinajstić information content (AvgIpc) is 3.12. The van der Waals surface area contributed by atoms with E-state index in [9.17, 15) is 4.79 Å². The van der Waals surface area contributed by atoms with Crippen molar-refractivity contribution >= 4 is 29.7 Å². The molecular weight excluding hydrogens is 316 g/mol. The van der Waals surface area contributed by atoms with Crippen molar-refractivity contribution in [2.45, 2.75) is 25.3 Å². The topological polar surface area (TPSA) is 46.3 Å². The maximum atomic E-state index is 12.6. The van der Waals surface area contributed by atoms with Crippen LogP contribution in [0.2, 0.25) is 0 Å². The lowest BCUT2D eigenvalue weighted by Crippen LogP contribution is -2.31. The van der Waals surface area contributed by atoms with Gasteiger partial charge in [-0.2, -0.15) is 0 Å². The van der Waals surface area contributed by atoms with Crippen LogP contribution in [0.1, 0.15) is 27.2 Å². The van der Waals surface area contributed by atoms with Crippen LogP contribution in [0.4, 0.5) is 0 Å². The Bertz CT molecular complexity index is 712. The van der Waals surface area contributed by atoms with Crippen molar-refractivity contribution < 1.29 is 4.79 Å². The summed E-state index contributed by atoms with van der Waals surface area (Å²) in [5.74, 6) is 0.153. The molecule has 3 nitrogen and oxygen atoms in total. The van der Waals surface area contributed by atoms with Crippen LogP contribution in [0, 0.1) is 0 Å². The smallest absolute Gasteiger partial charge is 0.264 e. The molecular formula is C17H19ClN2OS. The van der Waals surface area contributed by atoms with E-state index in [4.69, 9.17) is 5.73 Å². The summed E-state index contributed by atoms with van der Waals surface area (Å²) < 4.78 is 0.